The number of nitrogens with zero attached hydrogens (tertiary/aromatic N) is 6. The van der Waals surface area contributed by atoms with Crippen molar-refractivity contribution < 1.29 is 17.9 Å². The van der Waals surface area contributed by atoms with Crippen LogP contribution in [0.3, 0.4) is 0 Å². The third-order valence-corrected chi connectivity index (χ3v) is 9.52. The van der Waals surface area contributed by atoms with E-state index in [1.54, 1.807) is 52.4 Å². The molecule has 0 aliphatic carbocycles. The van der Waals surface area contributed by atoms with Crippen LogP contribution in [0.1, 0.15) is 23.1 Å². The summed E-state index contributed by atoms with van der Waals surface area (Å²) < 4.78 is 38.9. The van der Waals surface area contributed by atoms with Gasteiger partial charge in [-0.3, -0.25) is 9.88 Å². The summed E-state index contributed by atoms with van der Waals surface area (Å²) in [5.74, 6) is 1.73. The molecule has 0 N–H and O–H groups in total. The van der Waals surface area contributed by atoms with E-state index in [4.69, 9.17) is 9.47 Å². The number of aryl methyl sites for hydroxylation is 2. The fourth-order valence-electron chi connectivity index (χ4n) is 5.45. The number of likely N-dealkylation sites (tertiary alicyclic amines) is 1. The van der Waals surface area contributed by atoms with E-state index in [2.05, 4.69) is 36.9 Å². The van der Waals surface area contributed by atoms with Gasteiger partial charge in [0.2, 0.25) is 21.9 Å². The number of anilines is 1. The highest BCUT2D eigenvalue weighted by atomic mass is 32.2. The maximum absolute atomic E-state index is 13.2. The van der Waals surface area contributed by atoms with E-state index in [-0.39, 0.29) is 13.2 Å². The lowest BCUT2D eigenvalue weighted by Crippen LogP contribution is -2.46. The average molecular weight is 539 g/mol. The topological polar surface area (TPSA) is 101 Å². The fourth-order valence-corrected chi connectivity index (χ4v) is 7.01. The normalized spacial score (nSPS) is 19.3. The van der Waals surface area contributed by atoms with Gasteiger partial charge in [-0.1, -0.05) is 0 Å². The Bertz CT molecular complexity index is 1360. The van der Waals surface area contributed by atoms with Crippen LogP contribution in [0, 0.1) is 13.8 Å². The van der Waals surface area contributed by atoms with Crippen LogP contribution in [0.4, 0.5) is 5.95 Å². The predicted molar refractivity (Wildman–Crippen MR) is 144 cm³/mol. The van der Waals surface area contributed by atoms with Crippen molar-refractivity contribution in [2.24, 2.45) is 0 Å². The Morgan fingerprint density at radius 3 is 2.45 bits per heavy atom. The number of likely N-dealkylation sites (N-methyl/N-ethyl adjacent to an activating group) is 1. The molecule has 202 valence electrons. The molecule has 2 aliphatic rings. The molecule has 5 rings (SSSR count). The van der Waals surface area contributed by atoms with Crippen molar-refractivity contribution in [2.75, 3.05) is 45.3 Å². The van der Waals surface area contributed by atoms with E-state index < -0.39 is 10.0 Å². The van der Waals surface area contributed by atoms with Gasteiger partial charge in [0.1, 0.15) is 12.4 Å². The van der Waals surface area contributed by atoms with Gasteiger partial charge < -0.3 is 14.4 Å². The predicted octanol–water partition coefficient (Wildman–Crippen LogP) is 2.66. The molecule has 2 fully saturated rings. The van der Waals surface area contributed by atoms with Crippen molar-refractivity contribution in [3.05, 3.63) is 65.6 Å². The Morgan fingerprint density at radius 1 is 1.05 bits per heavy atom. The Morgan fingerprint density at radius 2 is 1.79 bits per heavy atom. The number of aromatic nitrogens is 3. The summed E-state index contributed by atoms with van der Waals surface area (Å²) in [6, 6.07) is 10.1. The van der Waals surface area contributed by atoms with Gasteiger partial charge in [0.25, 0.3) is 0 Å². The van der Waals surface area contributed by atoms with Gasteiger partial charge >= 0.3 is 0 Å². The molecule has 11 heteroatoms. The minimum atomic E-state index is -3.69. The lowest BCUT2D eigenvalue weighted by Gasteiger charge is -2.34. The SMILES string of the molecule is COc1cc(C)c(S(=O)(=O)N(C)CCOc2ccnc(N3CC4CC3CN4Cc3ccncc3)n2)c(C)c1. The molecule has 2 saturated heterocycles. The van der Waals surface area contributed by atoms with Crippen molar-refractivity contribution in [1.82, 2.24) is 24.2 Å². The first-order valence-corrected chi connectivity index (χ1v) is 14.2. The number of hydrogen-bond acceptors (Lipinski definition) is 9. The molecule has 2 aliphatic heterocycles. The first kappa shape index (κ1) is 26.3. The summed E-state index contributed by atoms with van der Waals surface area (Å²) in [6.07, 6.45) is 6.46. The second-order valence-corrected chi connectivity index (χ2v) is 11.9. The van der Waals surface area contributed by atoms with Crippen molar-refractivity contribution in [3.8, 4) is 11.6 Å². The molecule has 2 bridgehead atoms. The van der Waals surface area contributed by atoms with E-state index >= 15 is 0 Å². The third-order valence-electron chi connectivity index (χ3n) is 7.36. The van der Waals surface area contributed by atoms with Crippen LogP contribution in [0.5, 0.6) is 11.6 Å². The smallest absolute Gasteiger partial charge is 0.243 e. The second kappa shape index (κ2) is 10.8. The number of methoxy groups -OCH3 is 1. The highest BCUT2D eigenvalue weighted by Gasteiger charge is 2.44. The maximum atomic E-state index is 13.2. The van der Waals surface area contributed by atoms with E-state index in [0.717, 1.165) is 26.1 Å². The van der Waals surface area contributed by atoms with E-state index in [1.165, 1.54) is 9.87 Å². The molecule has 1 aromatic carbocycles. The fraction of sp³-hybridized carbons (Fsp3) is 0.444. The number of fused-ring (bicyclic) bond motifs is 2. The zero-order valence-electron chi connectivity index (χ0n) is 22.2. The lowest BCUT2D eigenvalue weighted by molar-refractivity contribution is 0.229. The summed E-state index contributed by atoms with van der Waals surface area (Å²) in [5.41, 5.74) is 2.57. The Balaban J connectivity index is 1.17. The molecule has 2 unspecified atom stereocenters. The van der Waals surface area contributed by atoms with Crippen molar-refractivity contribution in [1.29, 1.82) is 0 Å². The third kappa shape index (κ3) is 5.31. The van der Waals surface area contributed by atoms with E-state index in [1.807, 2.05) is 12.4 Å². The number of piperazine rings is 1. The summed E-state index contributed by atoms with van der Waals surface area (Å²) in [4.78, 5) is 18.3. The van der Waals surface area contributed by atoms with Crippen LogP contribution in [-0.2, 0) is 16.6 Å². The Labute approximate surface area is 224 Å². The summed E-state index contributed by atoms with van der Waals surface area (Å²) in [5, 5.41) is 0. The quantitative estimate of drug-likeness (QED) is 0.386. The largest absolute Gasteiger partial charge is 0.497 e. The zero-order chi connectivity index (χ0) is 26.9. The molecular weight excluding hydrogens is 504 g/mol. The maximum Gasteiger partial charge on any atom is 0.243 e. The molecule has 0 radical (unpaired) electrons. The monoisotopic (exact) mass is 538 g/mol. The second-order valence-electron chi connectivity index (χ2n) is 9.94. The van der Waals surface area contributed by atoms with Crippen LogP contribution in [0.25, 0.3) is 0 Å². The van der Waals surface area contributed by atoms with E-state index in [9.17, 15) is 8.42 Å². The molecule has 0 saturated carbocycles. The number of ether oxygens (including phenoxy) is 2. The standard InChI is InChI=1S/C27H34N6O4S/c1-19-13-24(36-4)14-20(2)26(19)38(34,35)31(3)11-12-37-25-7-10-29-27(30-25)33-18-22-15-23(33)17-32(22)16-21-5-8-28-9-6-21/h5-10,13-14,22-23H,11-12,15-18H2,1-4H3. The summed E-state index contributed by atoms with van der Waals surface area (Å²) in [6.45, 7) is 6.68. The van der Waals surface area contributed by atoms with Gasteiger partial charge in [0, 0.05) is 70.0 Å². The minimum absolute atomic E-state index is 0.173. The van der Waals surface area contributed by atoms with Crippen LogP contribution in [-0.4, -0.2) is 85.1 Å². The van der Waals surface area contributed by atoms with E-state index in [0.29, 0.717) is 45.7 Å². The molecule has 38 heavy (non-hydrogen) atoms. The minimum Gasteiger partial charge on any atom is -0.497 e. The highest BCUT2D eigenvalue weighted by molar-refractivity contribution is 7.89. The van der Waals surface area contributed by atoms with Gasteiger partial charge in [0.15, 0.2) is 0 Å². The van der Waals surface area contributed by atoms with Gasteiger partial charge in [-0.25, -0.2) is 13.4 Å². The number of pyridine rings is 1. The van der Waals surface area contributed by atoms with Gasteiger partial charge in [-0.05, 0) is 61.2 Å². The number of rotatable bonds is 10. The van der Waals surface area contributed by atoms with Crippen molar-refractivity contribution >= 4 is 16.0 Å². The molecule has 0 amide bonds. The molecule has 0 spiro atoms. The molecule has 10 nitrogen and oxygen atoms in total. The number of benzene rings is 1. The Hall–Kier alpha value is -3.28. The van der Waals surface area contributed by atoms with Gasteiger partial charge in [-0.2, -0.15) is 9.29 Å². The molecule has 3 aromatic rings. The molecule has 2 atom stereocenters. The Kier molecular flexibility index (Phi) is 7.51. The number of hydrogen-bond donors (Lipinski definition) is 0. The van der Waals surface area contributed by atoms with Crippen molar-refractivity contribution in [3.63, 3.8) is 0 Å². The van der Waals surface area contributed by atoms with Crippen LogP contribution >= 0.6 is 0 Å². The number of sulfonamides is 1. The zero-order valence-corrected chi connectivity index (χ0v) is 23.1. The average Bonchev–Trinajstić information content (AvgIpc) is 3.49. The van der Waals surface area contributed by atoms with Crippen LogP contribution in [0.2, 0.25) is 0 Å². The van der Waals surface area contributed by atoms with Gasteiger partial charge in [-0.15, -0.1) is 0 Å². The van der Waals surface area contributed by atoms with Crippen molar-refractivity contribution in [2.45, 2.75) is 43.8 Å². The first-order valence-electron chi connectivity index (χ1n) is 12.7. The summed E-state index contributed by atoms with van der Waals surface area (Å²) >= 11 is 0. The first-order chi connectivity index (χ1) is 18.3. The lowest BCUT2D eigenvalue weighted by atomic mass is 10.1. The van der Waals surface area contributed by atoms with Gasteiger partial charge in [0.05, 0.1) is 12.0 Å². The highest BCUT2D eigenvalue weighted by Crippen LogP contribution is 2.34. The van der Waals surface area contributed by atoms with Crippen LogP contribution in [0.15, 0.2) is 53.8 Å². The molecule has 2 aromatic heterocycles. The van der Waals surface area contributed by atoms with Crippen LogP contribution < -0.4 is 14.4 Å². The molecule has 4 heterocycles. The summed E-state index contributed by atoms with van der Waals surface area (Å²) in [7, 11) is -0.558. The molecular formula is C27H34N6O4S.